The predicted octanol–water partition coefficient (Wildman–Crippen LogP) is 2.65. The topological polar surface area (TPSA) is 76.1 Å². The highest BCUT2D eigenvalue weighted by Crippen LogP contribution is 2.26. The van der Waals surface area contributed by atoms with Gasteiger partial charge >= 0.3 is 0 Å². The van der Waals surface area contributed by atoms with Crippen LogP contribution in [0.5, 0.6) is 0 Å². The second-order valence-corrected chi connectivity index (χ2v) is 8.16. The summed E-state index contributed by atoms with van der Waals surface area (Å²) in [5.74, 6) is 0.300. The molecule has 1 aromatic heterocycles. The maximum atomic E-state index is 12.0. The summed E-state index contributed by atoms with van der Waals surface area (Å²) in [6.45, 7) is 0. The summed E-state index contributed by atoms with van der Waals surface area (Å²) < 4.78 is 22.8. The summed E-state index contributed by atoms with van der Waals surface area (Å²) in [5.41, 5.74) is 0.703. The molecule has 1 unspecified atom stereocenters. The maximum Gasteiger partial charge on any atom is 0.225 e. The number of carbonyl (C=O) groups is 1. The molecule has 1 N–H and O–H groups in total. The average molecular weight is 339 g/mol. The minimum atomic E-state index is -2.97. The van der Waals surface area contributed by atoms with Gasteiger partial charge in [-0.2, -0.15) is 0 Å². The number of sulfone groups is 1. The fraction of sp³-hybridized carbons (Fsp3) is 0.333. The highest BCUT2D eigenvalue weighted by molar-refractivity contribution is 7.91. The third-order valence-corrected chi connectivity index (χ3v) is 5.88. The molecule has 116 valence electrons. The summed E-state index contributed by atoms with van der Waals surface area (Å²) in [6.07, 6.45) is 0.729. The van der Waals surface area contributed by atoms with Gasteiger partial charge in [-0.25, -0.2) is 13.4 Å². The number of carbonyl (C=O) groups excluding carboxylic acids is 1. The van der Waals surface area contributed by atoms with E-state index in [9.17, 15) is 13.2 Å². The van der Waals surface area contributed by atoms with Crippen LogP contribution in [-0.4, -0.2) is 30.8 Å². The molecule has 2 aromatic rings. The van der Waals surface area contributed by atoms with Crippen LogP contribution in [0.25, 0.3) is 10.9 Å². The Morgan fingerprint density at radius 1 is 1.36 bits per heavy atom. The largest absolute Gasteiger partial charge is 0.311 e. The quantitative estimate of drug-likeness (QED) is 0.933. The van der Waals surface area contributed by atoms with Crippen LogP contribution in [0, 0.1) is 5.92 Å². The van der Waals surface area contributed by atoms with Crippen molar-refractivity contribution in [2.24, 2.45) is 5.92 Å². The number of para-hydroxylation sites is 1. The highest BCUT2D eigenvalue weighted by Gasteiger charge is 2.29. The van der Waals surface area contributed by atoms with Gasteiger partial charge in [0.1, 0.15) is 5.82 Å². The standard InChI is InChI=1S/C15H15ClN2O3S/c16-12-8-14(17-13-4-2-1-3-11(12)13)18-15(19)7-10-5-6-22(20,21)9-10/h1-4,8,10H,5-7,9H2,(H,17,18,19). The monoisotopic (exact) mass is 338 g/mol. The lowest BCUT2D eigenvalue weighted by Crippen LogP contribution is -2.18. The number of aromatic nitrogens is 1. The first kappa shape index (κ1) is 15.2. The second kappa shape index (κ2) is 5.85. The minimum absolute atomic E-state index is 0.0896. The van der Waals surface area contributed by atoms with Gasteiger partial charge in [0.05, 0.1) is 22.0 Å². The first-order valence-corrected chi connectivity index (χ1v) is 9.18. The predicted molar refractivity (Wildman–Crippen MR) is 86.8 cm³/mol. The summed E-state index contributed by atoms with van der Waals surface area (Å²) in [6, 6.07) is 9.00. The Morgan fingerprint density at radius 3 is 2.86 bits per heavy atom. The molecule has 5 nitrogen and oxygen atoms in total. The van der Waals surface area contributed by atoms with Crippen molar-refractivity contribution >= 4 is 44.1 Å². The first-order valence-electron chi connectivity index (χ1n) is 6.98. The van der Waals surface area contributed by atoms with E-state index in [1.165, 1.54) is 0 Å². The van der Waals surface area contributed by atoms with Crippen molar-refractivity contribution in [1.29, 1.82) is 0 Å². The summed E-state index contributed by atoms with van der Waals surface area (Å²) in [7, 11) is -2.97. The van der Waals surface area contributed by atoms with Crippen LogP contribution in [0.3, 0.4) is 0 Å². The van der Waals surface area contributed by atoms with E-state index in [1.54, 1.807) is 6.07 Å². The number of hydrogen-bond acceptors (Lipinski definition) is 4. The summed E-state index contributed by atoms with van der Waals surface area (Å²) >= 11 is 6.18. The molecule has 1 aliphatic heterocycles. The van der Waals surface area contributed by atoms with Gasteiger partial charge in [0.2, 0.25) is 5.91 Å². The molecule has 2 heterocycles. The second-order valence-electron chi connectivity index (χ2n) is 5.53. The number of nitrogens with one attached hydrogen (secondary N) is 1. The molecular weight excluding hydrogens is 324 g/mol. The fourth-order valence-corrected chi connectivity index (χ4v) is 4.81. The number of halogens is 1. The molecule has 1 aromatic carbocycles. The number of amides is 1. The Bertz CT molecular complexity index is 836. The van der Waals surface area contributed by atoms with E-state index in [-0.39, 0.29) is 29.8 Å². The number of nitrogens with zero attached hydrogens (tertiary/aromatic N) is 1. The third-order valence-electron chi connectivity index (χ3n) is 3.73. The number of pyridine rings is 1. The molecule has 3 rings (SSSR count). The molecule has 1 atom stereocenters. The number of benzene rings is 1. The van der Waals surface area contributed by atoms with Crippen LogP contribution < -0.4 is 5.32 Å². The van der Waals surface area contributed by atoms with Gasteiger partial charge in [0.25, 0.3) is 0 Å². The number of rotatable bonds is 3. The van der Waals surface area contributed by atoms with Crippen LogP contribution in [-0.2, 0) is 14.6 Å². The molecule has 1 amide bonds. The van der Waals surface area contributed by atoms with Crippen LogP contribution in [0.2, 0.25) is 5.02 Å². The van der Waals surface area contributed by atoms with Crippen molar-refractivity contribution in [2.75, 3.05) is 16.8 Å². The molecule has 0 spiro atoms. The molecule has 1 aliphatic rings. The van der Waals surface area contributed by atoms with Gasteiger partial charge in [-0.1, -0.05) is 29.8 Å². The average Bonchev–Trinajstić information content (AvgIpc) is 2.77. The van der Waals surface area contributed by atoms with E-state index in [1.807, 2.05) is 24.3 Å². The number of anilines is 1. The molecule has 1 fully saturated rings. The zero-order chi connectivity index (χ0) is 15.7. The van der Waals surface area contributed by atoms with Crippen LogP contribution in [0.15, 0.2) is 30.3 Å². The molecular formula is C15H15ClN2O3S. The lowest BCUT2D eigenvalue weighted by Gasteiger charge is -2.09. The highest BCUT2D eigenvalue weighted by atomic mass is 35.5. The zero-order valence-electron chi connectivity index (χ0n) is 11.8. The van der Waals surface area contributed by atoms with Crippen molar-refractivity contribution in [3.8, 4) is 0 Å². The van der Waals surface area contributed by atoms with Gasteiger partial charge in [0.15, 0.2) is 9.84 Å². The molecule has 22 heavy (non-hydrogen) atoms. The van der Waals surface area contributed by atoms with E-state index in [4.69, 9.17) is 11.6 Å². The van der Waals surface area contributed by atoms with Crippen LogP contribution in [0.4, 0.5) is 5.82 Å². The summed E-state index contributed by atoms with van der Waals surface area (Å²) in [5, 5.41) is 4.04. The van der Waals surface area contributed by atoms with E-state index in [2.05, 4.69) is 10.3 Å². The van der Waals surface area contributed by atoms with Gasteiger partial charge in [0, 0.05) is 17.9 Å². The van der Waals surface area contributed by atoms with Crippen molar-refractivity contribution in [1.82, 2.24) is 4.98 Å². The van der Waals surface area contributed by atoms with Gasteiger partial charge in [-0.15, -0.1) is 0 Å². The Morgan fingerprint density at radius 2 is 2.14 bits per heavy atom. The van der Waals surface area contributed by atoms with Crippen LogP contribution >= 0.6 is 11.6 Å². The molecule has 0 saturated carbocycles. The summed E-state index contributed by atoms with van der Waals surface area (Å²) in [4.78, 5) is 16.4. The fourth-order valence-electron chi connectivity index (χ4n) is 2.69. The van der Waals surface area contributed by atoms with Crippen molar-refractivity contribution in [3.63, 3.8) is 0 Å². The van der Waals surface area contributed by atoms with E-state index in [0.29, 0.717) is 22.8 Å². The zero-order valence-corrected chi connectivity index (χ0v) is 13.3. The first-order chi connectivity index (χ1) is 10.4. The molecule has 7 heteroatoms. The maximum absolute atomic E-state index is 12.0. The molecule has 0 bridgehead atoms. The third kappa shape index (κ3) is 3.39. The number of fused-ring (bicyclic) bond motifs is 1. The van der Waals surface area contributed by atoms with Gasteiger partial charge < -0.3 is 5.32 Å². The molecule has 0 aliphatic carbocycles. The van der Waals surface area contributed by atoms with Crippen molar-refractivity contribution < 1.29 is 13.2 Å². The molecule has 0 radical (unpaired) electrons. The Balaban J connectivity index is 1.72. The van der Waals surface area contributed by atoms with E-state index in [0.717, 1.165) is 5.39 Å². The van der Waals surface area contributed by atoms with Crippen LogP contribution in [0.1, 0.15) is 12.8 Å². The van der Waals surface area contributed by atoms with Crippen molar-refractivity contribution in [2.45, 2.75) is 12.8 Å². The van der Waals surface area contributed by atoms with Gasteiger partial charge in [-0.3, -0.25) is 4.79 Å². The SMILES string of the molecule is O=C(CC1CCS(=O)(=O)C1)Nc1cc(Cl)c2ccccc2n1. The Hall–Kier alpha value is -1.66. The molecule has 1 saturated heterocycles. The van der Waals surface area contributed by atoms with E-state index < -0.39 is 9.84 Å². The van der Waals surface area contributed by atoms with E-state index >= 15 is 0 Å². The number of hydrogen-bond donors (Lipinski definition) is 1. The lowest BCUT2D eigenvalue weighted by molar-refractivity contribution is -0.116. The lowest BCUT2D eigenvalue weighted by atomic mass is 10.1. The van der Waals surface area contributed by atoms with Gasteiger partial charge in [-0.05, 0) is 18.4 Å². The smallest absolute Gasteiger partial charge is 0.225 e. The Labute approximate surface area is 133 Å². The van der Waals surface area contributed by atoms with Crippen molar-refractivity contribution in [3.05, 3.63) is 35.4 Å². The Kier molecular flexibility index (Phi) is 4.06. The minimum Gasteiger partial charge on any atom is -0.311 e. The normalized spacial score (nSPS) is 20.1.